The number of hydrogen-bond donors (Lipinski definition) is 1. The van der Waals surface area contributed by atoms with E-state index in [9.17, 15) is 5.11 Å². The van der Waals surface area contributed by atoms with Crippen LogP contribution in [0.15, 0.2) is 18.2 Å². The summed E-state index contributed by atoms with van der Waals surface area (Å²) in [5, 5.41) is 9.44. The van der Waals surface area contributed by atoms with E-state index in [1.807, 2.05) is 6.07 Å². The van der Waals surface area contributed by atoms with E-state index in [-0.39, 0.29) is 5.75 Å². The highest BCUT2D eigenvalue weighted by molar-refractivity contribution is 5.44. The van der Waals surface area contributed by atoms with Crippen LogP contribution in [0.5, 0.6) is 11.5 Å². The van der Waals surface area contributed by atoms with Gasteiger partial charge in [-0.1, -0.05) is 13.8 Å². The van der Waals surface area contributed by atoms with Crippen LogP contribution in [0.3, 0.4) is 0 Å². The first kappa shape index (κ1) is 10.9. The van der Waals surface area contributed by atoms with Crippen molar-refractivity contribution in [3.63, 3.8) is 0 Å². The van der Waals surface area contributed by atoms with Gasteiger partial charge in [0.2, 0.25) is 0 Å². The van der Waals surface area contributed by atoms with Gasteiger partial charge in [-0.25, -0.2) is 0 Å². The second-order valence-corrected chi connectivity index (χ2v) is 5.93. The summed E-state index contributed by atoms with van der Waals surface area (Å²) in [5.74, 6) is 1.13. The summed E-state index contributed by atoms with van der Waals surface area (Å²) in [6, 6.07) is 5.83. The van der Waals surface area contributed by atoms with Gasteiger partial charge in [0.25, 0.3) is 0 Å². The molecule has 0 aromatic heterocycles. The standard InChI is InChI=1S/C14H19NO2/c1-14(2)5-6-15(9-14)12-8-17-13-7-10(16)3-4-11(12)13/h3-4,7,12,16H,5-6,8-9H2,1-2H3. The van der Waals surface area contributed by atoms with Crippen molar-refractivity contribution in [1.29, 1.82) is 0 Å². The van der Waals surface area contributed by atoms with Crippen molar-refractivity contribution in [2.24, 2.45) is 5.41 Å². The van der Waals surface area contributed by atoms with Crippen molar-refractivity contribution in [3.8, 4) is 11.5 Å². The molecule has 17 heavy (non-hydrogen) atoms. The lowest BCUT2D eigenvalue weighted by Crippen LogP contribution is -2.29. The van der Waals surface area contributed by atoms with Crippen molar-refractivity contribution >= 4 is 0 Å². The highest BCUT2D eigenvalue weighted by atomic mass is 16.5. The van der Waals surface area contributed by atoms with Crippen molar-refractivity contribution in [3.05, 3.63) is 23.8 Å². The lowest BCUT2D eigenvalue weighted by molar-refractivity contribution is 0.180. The summed E-state index contributed by atoms with van der Waals surface area (Å²) in [7, 11) is 0. The molecule has 1 fully saturated rings. The SMILES string of the molecule is CC1(C)CCN(C2COc3cc(O)ccc32)C1. The average Bonchev–Trinajstić information content (AvgIpc) is 2.80. The lowest BCUT2D eigenvalue weighted by atomic mass is 9.93. The number of nitrogens with zero attached hydrogens (tertiary/aromatic N) is 1. The number of fused-ring (bicyclic) bond motifs is 1. The number of phenols is 1. The van der Waals surface area contributed by atoms with E-state index in [2.05, 4.69) is 18.7 Å². The second-order valence-electron chi connectivity index (χ2n) is 5.93. The molecule has 3 rings (SSSR count). The molecule has 0 saturated carbocycles. The number of hydrogen-bond acceptors (Lipinski definition) is 3. The molecule has 1 aromatic rings. The molecular weight excluding hydrogens is 214 g/mol. The number of phenolic OH excluding ortho intramolecular Hbond substituents is 1. The van der Waals surface area contributed by atoms with Crippen molar-refractivity contribution in [2.45, 2.75) is 26.3 Å². The predicted octanol–water partition coefficient (Wildman–Crippen LogP) is 2.56. The summed E-state index contributed by atoms with van der Waals surface area (Å²) in [4.78, 5) is 2.50. The zero-order chi connectivity index (χ0) is 12.0. The maximum absolute atomic E-state index is 9.44. The summed E-state index contributed by atoms with van der Waals surface area (Å²) >= 11 is 0. The first-order valence-corrected chi connectivity index (χ1v) is 6.25. The van der Waals surface area contributed by atoms with E-state index in [0.717, 1.165) is 25.4 Å². The van der Waals surface area contributed by atoms with Gasteiger partial charge in [0.15, 0.2) is 0 Å². The van der Waals surface area contributed by atoms with E-state index < -0.39 is 0 Å². The van der Waals surface area contributed by atoms with E-state index in [0.29, 0.717) is 11.5 Å². The molecule has 0 amide bonds. The van der Waals surface area contributed by atoms with E-state index >= 15 is 0 Å². The molecule has 0 bridgehead atoms. The fourth-order valence-corrected chi connectivity index (χ4v) is 2.90. The minimum absolute atomic E-state index is 0.283. The lowest BCUT2D eigenvalue weighted by Gasteiger charge is -2.24. The average molecular weight is 233 g/mol. The van der Waals surface area contributed by atoms with Crippen LogP contribution in [0.4, 0.5) is 0 Å². The summed E-state index contributed by atoms with van der Waals surface area (Å²) in [5.41, 5.74) is 1.64. The topological polar surface area (TPSA) is 32.7 Å². The van der Waals surface area contributed by atoms with Crippen molar-refractivity contribution in [2.75, 3.05) is 19.7 Å². The molecule has 2 aliphatic rings. The van der Waals surface area contributed by atoms with Gasteiger partial charge in [0.05, 0.1) is 6.04 Å². The highest BCUT2D eigenvalue weighted by Crippen LogP contribution is 2.42. The van der Waals surface area contributed by atoms with Crippen LogP contribution < -0.4 is 4.74 Å². The minimum atomic E-state index is 0.283. The molecule has 92 valence electrons. The summed E-state index contributed by atoms with van der Waals surface area (Å²) in [6.07, 6.45) is 1.25. The third kappa shape index (κ3) is 1.89. The molecule has 1 atom stereocenters. The Bertz CT molecular complexity index is 442. The Hall–Kier alpha value is -1.22. The van der Waals surface area contributed by atoms with Gasteiger partial charge in [0, 0.05) is 18.2 Å². The van der Waals surface area contributed by atoms with Crippen LogP contribution in [0, 0.1) is 5.41 Å². The van der Waals surface area contributed by atoms with Gasteiger partial charge in [-0.15, -0.1) is 0 Å². The Labute approximate surface area is 102 Å². The molecule has 0 spiro atoms. The minimum Gasteiger partial charge on any atom is -0.508 e. The van der Waals surface area contributed by atoms with Crippen LogP contribution in [0.25, 0.3) is 0 Å². The molecule has 1 N–H and O–H groups in total. The molecule has 2 heterocycles. The molecule has 3 heteroatoms. The number of likely N-dealkylation sites (tertiary alicyclic amines) is 1. The fourth-order valence-electron chi connectivity index (χ4n) is 2.90. The highest BCUT2D eigenvalue weighted by Gasteiger charge is 2.37. The third-order valence-corrected chi connectivity index (χ3v) is 3.90. The van der Waals surface area contributed by atoms with Gasteiger partial charge in [-0.05, 0) is 30.5 Å². The fraction of sp³-hybridized carbons (Fsp3) is 0.571. The number of aromatic hydroxyl groups is 1. The monoisotopic (exact) mass is 233 g/mol. The number of benzene rings is 1. The van der Waals surface area contributed by atoms with Gasteiger partial charge in [-0.3, -0.25) is 4.90 Å². The van der Waals surface area contributed by atoms with Crippen LogP contribution in [0.1, 0.15) is 31.9 Å². The quantitative estimate of drug-likeness (QED) is 0.809. The molecule has 2 aliphatic heterocycles. The first-order valence-electron chi connectivity index (χ1n) is 6.25. The van der Waals surface area contributed by atoms with E-state index in [1.54, 1.807) is 12.1 Å². The Morgan fingerprint density at radius 3 is 2.94 bits per heavy atom. The molecular formula is C14H19NO2. The van der Waals surface area contributed by atoms with Crippen LogP contribution in [0.2, 0.25) is 0 Å². The van der Waals surface area contributed by atoms with Crippen LogP contribution in [-0.4, -0.2) is 29.7 Å². The summed E-state index contributed by atoms with van der Waals surface area (Å²) in [6.45, 7) is 7.62. The van der Waals surface area contributed by atoms with Crippen molar-refractivity contribution in [1.82, 2.24) is 4.90 Å². The molecule has 0 radical (unpaired) electrons. The van der Waals surface area contributed by atoms with Gasteiger partial charge in [-0.2, -0.15) is 0 Å². The molecule has 0 aliphatic carbocycles. The Morgan fingerprint density at radius 2 is 2.24 bits per heavy atom. The first-order chi connectivity index (χ1) is 8.05. The van der Waals surface area contributed by atoms with E-state index in [4.69, 9.17) is 4.74 Å². The van der Waals surface area contributed by atoms with Gasteiger partial charge in [0.1, 0.15) is 18.1 Å². The Morgan fingerprint density at radius 1 is 1.41 bits per heavy atom. The number of rotatable bonds is 1. The van der Waals surface area contributed by atoms with Gasteiger partial charge >= 0.3 is 0 Å². The molecule has 1 unspecified atom stereocenters. The molecule has 3 nitrogen and oxygen atoms in total. The van der Waals surface area contributed by atoms with Crippen LogP contribution >= 0.6 is 0 Å². The van der Waals surface area contributed by atoms with Crippen LogP contribution in [-0.2, 0) is 0 Å². The van der Waals surface area contributed by atoms with E-state index in [1.165, 1.54) is 12.0 Å². The third-order valence-electron chi connectivity index (χ3n) is 3.90. The predicted molar refractivity (Wildman–Crippen MR) is 66.3 cm³/mol. The zero-order valence-corrected chi connectivity index (χ0v) is 10.4. The molecule has 1 aromatic carbocycles. The van der Waals surface area contributed by atoms with Crippen molar-refractivity contribution < 1.29 is 9.84 Å². The Balaban J connectivity index is 1.85. The molecule has 1 saturated heterocycles. The largest absolute Gasteiger partial charge is 0.508 e. The maximum Gasteiger partial charge on any atom is 0.127 e. The zero-order valence-electron chi connectivity index (χ0n) is 10.4. The Kier molecular flexibility index (Phi) is 2.33. The summed E-state index contributed by atoms with van der Waals surface area (Å²) < 4.78 is 5.67. The smallest absolute Gasteiger partial charge is 0.127 e. The normalized spacial score (nSPS) is 26.8. The van der Waals surface area contributed by atoms with Gasteiger partial charge < -0.3 is 9.84 Å². The number of ether oxygens (including phenoxy) is 1. The second kappa shape index (κ2) is 3.64. The maximum atomic E-state index is 9.44.